The van der Waals surface area contributed by atoms with Crippen molar-refractivity contribution in [3.8, 4) is 0 Å². The first-order valence-corrected chi connectivity index (χ1v) is 10.6. The fourth-order valence-corrected chi connectivity index (χ4v) is 6.27. The predicted molar refractivity (Wildman–Crippen MR) is 80.2 cm³/mol. The lowest BCUT2D eigenvalue weighted by Gasteiger charge is -2.47. The van der Waals surface area contributed by atoms with E-state index in [4.69, 9.17) is 0 Å². The maximum Gasteiger partial charge on any atom is 0.155 e. The first-order chi connectivity index (χ1) is 8.98. The molecule has 0 amide bonds. The molecule has 20 heavy (non-hydrogen) atoms. The summed E-state index contributed by atoms with van der Waals surface area (Å²) in [7, 11) is -6.06. The van der Waals surface area contributed by atoms with E-state index < -0.39 is 24.4 Å². The highest BCUT2D eigenvalue weighted by atomic mass is 32.2. The lowest BCUT2D eigenvalue weighted by atomic mass is 9.68. The van der Waals surface area contributed by atoms with Crippen molar-refractivity contribution in [3.63, 3.8) is 0 Å². The predicted octanol–water partition coefficient (Wildman–Crippen LogP) is 0.614. The third-order valence-corrected chi connectivity index (χ3v) is 9.23. The fourth-order valence-electron chi connectivity index (χ4n) is 3.04. The van der Waals surface area contributed by atoms with Crippen LogP contribution in [0.1, 0.15) is 33.6 Å². The van der Waals surface area contributed by atoms with Gasteiger partial charge in [-0.05, 0) is 39.5 Å². The standard InChI is InChI=1S/C13H25NO4S2/c1-12(2,3)20(17,18)7-5-13(9-14-10-13)11-4-6-19(15,16)8-11/h11,14H,4-10H2,1-3H3. The zero-order valence-corrected chi connectivity index (χ0v) is 14.1. The van der Waals surface area contributed by atoms with Gasteiger partial charge >= 0.3 is 0 Å². The average Bonchev–Trinajstić information content (AvgIpc) is 2.55. The van der Waals surface area contributed by atoms with Gasteiger partial charge in [-0.25, -0.2) is 16.8 Å². The van der Waals surface area contributed by atoms with Crippen LogP contribution in [0.3, 0.4) is 0 Å². The van der Waals surface area contributed by atoms with Crippen LogP contribution in [0.4, 0.5) is 0 Å². The normalized spacial score (nSPS) is 29.1. The molecule has 118 valence electrons. The highest BCUT2D eigenvalue weighted by Crippen LogP contribution is 2.42. The molecule has 2 aliphatic rings. The SMILES string of the molecule is CC(C)(C)S(=O)(=O)CCC1(C2CCS(=O)(=O)C2)CNC1. The Morgan fingerprint density at radius 1 is 1.25 bits per heavy atom. The zero-order valence-electron chi connectivity index (χ0n) is 12.5. The van der Waals surface area contributed by atoms with Gasteiger partial charge in [0.25, 0.3) is 0 Å². The summed E-state index contributed by atoms with van der Waals surface area (Å²) in [6.07, 6.45) is 1.25. The van der Waals surface area contributed by atoms with Gasteiger partial charge in [-0.15, -0.1) is 0 Å². The molecule has 0 bridgehead atoms. The Morgan fingerprint density at radius 2 is 1.85 bits per heavy atom. The molecule has 5 nitrogen and oxygen atoms in total. The molecule has 1 N–H and O–H groups in total. The number of rotatable bonds is 4. The van der Waals surface area contributed by atoms with Gasteiger partial charge in [0.1, 0.15) is 0 Å². The van der Waals surface area contributed by atoms with Gasteiger partial charge in [-0.3, -0.25) is 0 Å². The molecular weight excluding hydrogens is 298 g/mol. The smallest absolute Gasteiger partial charge is 0.155 e. The number of sulfone groups is 2. The summed E-state index contributed by atoms with van der Waals surface area (Å²) >= 11 is 0. The fraction of sp³-hybridized carbons (Fsp3) is 1.00. The van der Waals surface area contributed by atoms with Gasteiger partial charge < -0.3 is 5.32 Å². The van der Waals surface area contributed by atoms with Gasteiger partial charge in [0.2, 0.25) is 0 Å². The summed E-state index contributed by atoms with van der Waals surface area (Å²) < 4.78 is 47.0. The first-order valence-electron chi connectivity index (χ1n) is 7.11. The maximum absolute atomic E-state index is 12.2. The van der Waals surface area contributed by atoms with Crippen molar-refractivity contribution in [2.24, 2.45) is 11.3 Å². The van der Waals surface area contributed by atoms with Crippen molar-refractivity contribution < 1.29 is 16.8 Å². The van der Waals surface area contributed by atoms with Crippen LogP contribution >= 0.6 is 0 Å². The van der Waals surface area contributed by atoms with Crippen LogP contribution in [-0.4, -0.2) is 51.9 Å². The van der Waals surface area contributed by atoms with Gasteiger partial charge in [0.05, 0.1) is 22.0 Å². The molecule has 0 aliphatic carbocycles. The van der Waals surface area contributed by atoms with E-state index in [0.29, 0.717) is 12.8 Å². The number of hydrogen-bond acceptors (Lipinski definition) is 5. The second-order valence-electron chi connectivity index (χ2n) is 7.25. The minimum Gasteiger partial charge on any atom is -0.316 e. The van der Waals surface area contributed by atoms with Crippen molar-refractivity contribution in [2.45, 2.75) is 38.4 Å². The minimum atomic E-state index is -3.14. The van der Waals surface area contributed by atoms with Crippen molar-refractivity contribution in [2.75, 3.05) is 30.3 Å². The largest absolute Gasteiger partial charge is 0.316 e. The van der Waals surface area contributed by atoms with Gasteiger partial charge in [-0.2, -0.15) is 0 Å². The summed E-state index contributed by atoms with van der Waals surface area (Å²) in [6, 6.07) is 0. The molecule has 2 saturated heterocycles. The summed E-state index contributed by atoms with van der Waals surface area (Å²) in [5.74, 6) is 0.744. The van der Waals surface area contributed by atoms with E-state index in [0.717, 1.165) is 13.1 Å². The highest BCUT2D eigenvalue weighted by molar-refractivity contribution is 7.92. The molecule has 2 heterocycles. The van der Waals surface area contributed by atoms with Crippen LogP contribution in [0.5, 0.6) is 0 Å². The number of hydrogen-bond donors (Lipinski definition) is 1. The zero-order chi connectivity index (χ0) is 15.2. The van der Waals surface area contributed by atoms with E-state index in [9.17, 15) is 16.8 Å². The lowest BCUT2D eigenvalue weighted by Crippen LogP contribution is -2.58. The molecular formula is C13H25NO4S2. The van der Waals surface area contributed by atoms with Crippen LogP contribution in [-0.2, 0) is 19.7 Å². The Balaban J connectivity index is 2.07. The highest BCUT2D eigenvalue weighted by Gasteiger charge is 2.49. The van der Waals surface area contributed by atoms with E-state index in [2.05, 4.69) is 5.32 Å². The van der Waals surface area contributed by atoms with Crippen LogP contribution < -0.4 is 5.32 Å². The van der Waals surface area contributed by atoms with Crippen LogP contribution in [0, 0.1) is 11.3 Å². The molecule has 7 heteroatoms. The molecule has 1 atom stereocenters. The van der Waals surface area contributed by atoms with E-state index in [1.807, 2.05) is 0 Å². The Morgan fingerprint density at radius 3 is 2.20 bits per heavy atom. The molecule has 2 aliphatic heterocycles. The molecule has 0 aromatic rings. The van der Waals surface area contributed by atoms with E-state index in [-0.39, 0.29) is 28.6 Å². The molecule has 1 unspecified atom stereocenters. The molecule has 0 aromatic heterocycles. The third kappa shape index (κ3) is 3.04. The Kier molecular flexibility index (Phi) is 4.02. The van der Waals surface area contributed by atoms with E-state index >= 15 is 0 Å². The topological polar surface area (TPSA) is 80.3 Å². The molecule has 0 aromatic carbocycles. The molecule has 2 fully saturated rings. The van der Waals surface area contributed by atoms with E-state index in [1.54, 1.807) is 20.8 Å². The lowest BCUT2D eigenvalue weighted by molar-refractivity contribution is 0.0880. The quantitative estimate of drug-likeness (QED) is 0.820. The van der Waals surface area contributed by atoms with Crippen LogP contribution in [0.25, 0.3) is 0 Å². The molecule has 0 spiro atoms. The first kappa shape index (κ1) is 16.2. The summed E-state index contributed by atoms with van der Waals surface area (Å²) in [5, 5.41) is 3.19. The van der Waals surface area contributed by atoms with Crippen molar-refractivity contribution >= 4 is 19.7 Å². The van der Waals surface area contributed by atoms with Gasteiger partial charge in [0.15, 0.2) is 19.7 Å². The number of nitrogens with one attached hydrogen (secondary N) is 1. The maximum atomic E-state index is 12.2. The minimum absolute atomic E-state index is 0.115. The summed E-state index contributed by atoms with van der Waals surface area (Å²) in [6.45, 7) is 6.63. The second-order valence-corrected chi connectivity index (χ2v) is 12.3. The Hall–Kier alpha value is -0.140. The third-order valence-electron chi connectivity index (χ3n) is 4.85. The molecule has 2 rings (SSSR count). The van der Waals surface area contributed by atoms with Gasteiger partial charge in [0, 0.05) is 18.5 Å². The van der Waals surface area contributed by atoms with Crippen LogP contribution in [0.2, 0.25) is 0 Å². The Bertz CT molecular complexity index is 568. The van der Waals surface area contributed by atoms with Gasteiger partial charge in [-0.1, -0.05) is 0 Å². The van der Waals surface area contributed by atoms with E-state index in [1.165, 1.54) is 0 Å². The van der Waals surface area contributed by atoms with Crippen LogP contribution in [0.15, 0.2) is 0 Å². The summed E-state index contributed by atoms with van der Waals surface area (Å²) in [5.41, 5.74) is -0.137. The average molecular weight is 323 g/mol. The Labute approximate surface area is 122 Å². The monoisotopic (exact) mass is 323 g/mol. The molecule has 0 radical (unpaired) electrons. The molecule has 0 saturated carbocycles. The van der Waals surface area contributed by atoms with Crippen molar-refractivity contribution in [1.82, 2.24) is 5.32 Å². The summed E-state index contributed by atoms with van der Waals surface area (Å²) in [4.78, 5) is 0. The van der Waals surface area contributed by atoms with Crippen molar-refractivity contribution in [1.29, 1.82) is 0 Å². The second kappa shape index (κ2) is 4.95. The van der Waals surface area contributed by atoms with Crippen molar-refractivity contribution in [3.05, 3.63) is 0 Å².